The van der Waals surface area contributed by atoms with E-state index in [-0.39, 0.29) is 18.3 Å². The summed E-state index contributed by atoms with van der Waals surface area (Å²) in [6, 6.07) is 7.01. The van der Waals surface area contributed by atoms with E-state index < -0.39 is 0 Å². The predicted octanol–water partition coefficient (Wildman–Crippen LogP) is 4.88. The molecule has 1 fully saturated rings. The third kappa shape index (κ3) is 6.72. The van der Waals surface area contributed by atoms with Crippen LogP contribution in [0, 0.1) is 12.7 Å². The van der Waals surface area contributed by atoms with Crippen LogP contribution in [0.3, 0.4) is 0 Å². The normalized spacial score (nSPS) is 16.1. The van der Waals surface area contributed by atoms with Crippen LogP contribution >= 0.6 is 0 Å². The summed E-state index contributed by atoms with van der Waals surface area (Å²) in [5.41, 5.74) is 5.64. The molecule has 7 nitrogen and oxygen atoms in total. The molecular formula is C30H39FN4O3. The molecule has 0 saturated carbocycles. The lowest BCUT2D eigenvalue weighted by Gasteiger charge is -2.37. The number of allylic oxidation sites excluding steroid dienone is 4. The molecule has 0 N–H and O–H groups in total. The van der Waals surface area contributed by atoms with E-state index in [2.05, 4.69) is 24.0 Å². The molecule has 38 heavy (non-hydrogen) atoms. The first-order valence-corrected chi connectivity index (χ1v) is 13.4. The van der Waals surface area contributed by atoms with Crippen LogP contribution in [-0.4, -0.2) is 72.0 Å². The van der Waals surface area contributed by atoms with Crippen LogP contribution in [0.15, 0.2) is 59.5 Å². The minimum Gasteiger partial charge on any atom is -0.494 e. The highest BCUT2D eigenvalue weighted by atomic mass is 19.1. The van der Waals surface area contributed by atoms with Gasteiger partial charge in [-0.1, -0.05) is 6.08 Å². The highest BCUT2D eigenvalue weighted by Crippen LogP contribution is 2.25. The van der Waals surface area contributed by atoms with Crippen molar-refractivity contribution in [3.05, 3.63) is 76.6 Å². The van der Waals surface area contributed by atoms with Gasteiger partial charge in [0.1, 0.15) is 18.1 Å². The van der Waals surface area contributed by atoms with Gasteiger partial charge in [0.05, 0.1) is 12.3 Å². The zero-order valence-corrected chi connectivity index (χ0v) is 23.0. The fraction of sp³-hybridized carbons (Fsp3) is 0.467. The summed E-state index contributed by atoms with van der Waals surface area (Å²) in [5, 5.41) is 4.76. The monoisotopic (exact) mass is 522 g/mol. The maximum Gasteiger partial charge on any atom is 0.244 e. The number of rotatable bonds is 10. The maximum atomic E-state index is 13.8. The number of halogens is 1. The molecule has 2 aliphatic rings. The van der Waals surface area contributed by atoms with E-state index in [4.69, 9.17) is 14.6 Å². The molecule has 1 aliphatic heterocycles. The Kier molecular flexibility index (Phi) is 9.39. The molecule has 1 aromatic carbocycles. The van der Waals surface area contributed by atoms with E-state index in [0.29, 0.717) is 31.9 Å². The van der Waals surface area contributed by atoms with Gasteiger partial charge in [-0.2, -0.15) is 5.10 Å². The third-order valence-electron chi connectivity index (χ3n) is 7.09. The topological polar surface area (TPSA) is 59.8 Å². The average Bonchev–Trinajstić information content (AvgIpc) is 3.21. The Bertz CT molecular complexity index is 1220. The first kappa shape index (κ1) is 27.6. The second-order valence-corrected chi connectivity index (χ2v) is 9.86. The number of carbonyl (C=O) groups is 1. The lowest BCUT2D eigenvalue weighted by atomic mass is 10.1. The average molecular weight is 523 g/mol. The third-order valence-corrected chi connectivity index (χ3v) is 7.09. The van der Waals surface area contributed by atoms with Gasteiger partial charge >= 0.3 is 0 Å². The Labute approximate surface area is 225 Å². The highest BCUT2D eigenvalue weighted by molar-refractivity contribution is 5.76. The molecule has 1 saturated heterocycles. The van der Waals surface area contributed by atoms with Gasteiger partial charge in [0.2, 0.25) is 5.91 Å². The summed E-state index contributed by atoms with van der Waals surface area (Å²) in [5.74, 6) is 0.699. The van der Waals surface area contributed by atoms with Gasteiger partial charge in [-0.05, 0) is 81.5 Å². The number of aromatic nitrogens is 2. The largest absolute Gasteiger partial charge is 0.494 e. The summed E-state index contributed by atoms with van der Waals surface area (Å²) in [6.45, 7) is 10.2. The Morgan fingerprint density at radius 1 is 1.13 bits per heavy atom. The van der Waals surface area contributed by atoms with Crippen LogP contribution in [0.5, 0.6) is 0 Å². The van der Waals surface area contributed by atoms with Gasteiger partial charge in [0, 0.05) is 62.9 Å². The molecule has 0 bridgehead atoms. The van der Waals surface area contributed by atoms with Gasteiger partial charge < -0.3 is 19.3 Å². The zero-order chi connectivity index (χ0) is 27.1. The number of hydrogen-bond acceptors (Lipinski definition) is 5. The highest BCUT2D eigenvalue weighted by Gasteiger charge is 2.24. The number of aryl methyl sites for hydroxylation is 2. The number of nitrogens with zero attached hydrogens (tertiary/aromatic N) is 4. The minimum absolute atomic E-state index is 0.0568. The van der Waals surface area contributed by atoms with E-state index in [1.54, 1.807) is 30.8 Å². The molecule has 1 aromatic heterocycles. The lowest BCUT2D eigenvalue weighted by molar-refractivity contribution is -0.133. The first-order valence-electron chi connectivity index (χ1n) is 13.4. The van der Waals surface area contributed by atoms with Gasteiger partial charge in [-0.15, -0.1) is 0 Å². The second-order valence-electron chi connectivity index (χ2n) is 9.86. The number of methoxy groups -OCH3 is 1. The number of hydrogen-bond donors (Lipinski definition) is 0. The quantitative estimate of drug-likeness (QED) is 0.417. The molecule has 0 radical (unpaired) electrons. The van der Waals surface area contributed by atoms with Crippen molar-refractivity contribution in [2.75, 3.05) is 46.5 Å². The van der Waals surface area contributed by atoms with E-state index >= 15 is 0 Å². The summed E-state index contributed by atoms with van der Waals surface area (Å²) in [4.78, 5) is 17.6. The molecule has 0 unspecified atom stereocenters. The van der Waals surface area contributed by atoms with E-state index in [1.807, 2.05) is 24.0 Å². The van der Waals surface area contributed by atoms with Crippen molar-refractivity contribution in [3.63, 3.8) is 0 Å². The number of benzene rings is 1. The van der Waals surface area contributed by atoms with Crippen molar-refractivity contribution in [1.29, 1.82) is 0 Å². The molecule has 4 rings (SSSR count). The van der Waals surface area contributed by atoms with Crippen LogP contribution in [0.4, 0.5) is 4.39 Å². The van der Waals surface area contributed by atoms with Gasteiger partial charge in [0.25, 0.3) is 0 Å². The van der Waals surface area contributed by atoms with Crippen molar-refractivity contribution in [2.45, 2.75) is 46.6 Å². The van der Waals surface area contributed by atoms with Crippen molar-refractivity contribution >= 4 is 5.91 Å². The molecule has 2 aromatic rings. The zero-order valence-electron chi connectivity index (χ0n) is 23.0. The van der Waals surface area contributed by atoms with Gasteiger partial charge in [-0.3, -0.25) is 9.48 Å². The molecule has 0 atom stereocenters. The van der Waals surface area contributed by atoms with Crippen LogP contribution < -0.4 is 0 Å². The predicted molar refractivity (Wildman–Crippen MR) is 147 cm³/mol. The van der Waals surface area contributed by atoms with Crippen LogP contribution in [0.1, 0.15) is 37.9 Å². The fourth-order valence-corrected chi connectivity index (χ4v) is 4.94. The van der Waals surface area contributed by atoms with Crippen LogP contribution in [0.2, 0.25) is 0 Å². The Morgan fingerprint density at radius 3 is 2.63 bits per heavy atom. The van der Waals surface area contributed by atoms with Crippen LogP contribution in [-0.2, 0) is 27.2 Å². The Balaban J connectivity index is 1.44. The van der Waals surface area contributed by atoms with Crippen molar-refractivity contribution in [2.24, 2.45) is 0 Å². The number of amides is 1. The van der Waals surface area contributed by atoms with E-state index in [9.17, 15) is 9.18 Å². The second kappa shape index (κ2) is 12.9. The standard InChI is InChI=1S/C30H39FN4O3/c1-5-38-26-10-6-8-22(2)29(20-26)33-13-15-34(16-14-33)30(36)21-35-25(9-7-17-37-4)19-28(32-35)24-11-12-27(31)23(3)18-24/h6,10-12,18-20H,5,7-9,13-17,21H2,1-4H3. The van der Waals surface area contributed by atoms with E-state index in [0.717, 1.165) is 55.1 Å². The Hall–Kier alpha value is -3.39. The molecule has 1 amide bonds. The van der Waals surface area contributed by atoms with Gasteiger partial charge in [0.15, 0.2) is 0 Å². The number of carbonyl (C=O) groups excluding carboxylic acids is 1. The molecule has 1 aliphatic carbocycles. The smallest absolute Gasteiger partial charge is 0.244 e. The van der Waals surface area contributed by atoms with E-state index in [1.165, 1.54) is 17.3 Å². The number of piperazine rings is 1. The number of ether oxygens (including phenoxy) is 2. The Morgan fingerprint density at radius 2 is 1.92 bits per heavy atom. The SMILES string of the molecule is CCOC1=CC(N2CCN(C(=O)Cn3nc(-c4ccc(F)c(C)c4)cc3CCCOC)CC2)=C(C)CC=C1. The van der Waals surface area contributed by atoms with Gasteiger partial charge in [-0.25, -0.2) is 4.39 Å². The summed E-state index contributed by atoms with van der Waals surface area (Å²) < 4.78 is 26.6. The van der Waals surface area contributed by atoms with Crippen molar-refractivity contribution < 1.29 is 18.7 Å². The minimum atomic E-state index is -0.238. The summed E-state index contributed by atoms with van der Waals surface area (Å²) in [7, 11) is 1.68. The maximum absolute atomic E-state index is 13.8. The molecular weight excluding hydrogens is 483 g/mol. The van der Waals surface area contributed by atoms with Crippen LogP contribution in [0.25, 0.3) is 11.3 Å². The molecule has 204 valence electrons. The molecule has 8 heteroatoms. The lowest BCUT2D eigenvalue weighted by Crippen LogP contribution is -2.49. The van der Waals surface area contributed by atoms with Crippen molar-refractivity contribution in [3.8, 4) is 11.3 Å². The molecule has 2 heterocycles. The fourth-order valence-electron chi connectivity index (χ4n) is 4.94. The molecule has 0 spiro atoms. The summed E-state index contributed by atoms with van der Waals surface area (Å²) >= 11 is 0. The summed E-state index contributed by atoms with van der Waals surface area (Å²) in [6.07, 6.45) is 8.77. The first-order chi connectivity index (χ1) is 18.4. The van der Waals surface area contributed by atoms with Crippen molar-refractivity contribution in [1.82, 2.24) is 19.6 Å².